The lowest BCUT2D eigenvalue weighted by Crippen LogP contribution is -2.45. The smallest absolute Gasteiger partial charge is 0.305 e. The Morgan fingerprint density at radius 3 is 1.31 bits per heavy atom. The molecule has 0 aromatic heterocycles. The highest BCUT2D eigenvalue weighted by molar-refractivity contribution is 5.76. The zero-order valence-corrected chi connectivity index (χ0v) is 40.4. The number of amides is 1. The molecule has 2 unspecified atom stereocenters. The van der Waals surface area contributed by atoms with Gasteiger partial charge in [0.05, 0.1) is 25.4 Å². The summed E-state index contributed by atoms with van der Waals surface area (Å²) in [6.07, 6.45) is 62.5. The lowest BCUT2D eigenvalue weighted by molar-refractivity contribution is -0.143. The van der Waals surface area contributed by atoms with E-state index in [1.165, 1.54) is 161 Å². The zero-order valence-electron chi connectivity index (χ0n) is 40.4. The molecule has 0 fully saturated rings. The fraction of sp³-hybridized carbons (Fsp3) is 0.818. The van der Waals surface area contributed by atoms with Crippen LogP contribution < -0.4 is 5.32 Å². The normalized spacial score (nSPS) is 13.0. The Bertz CT molecular complexity index is 1040. The molecule has 0 aromatic rings. The van der Waals surface area contributed by atoms with Gasteiger partial charge in [-0.3, -0.25) is 9.59 Å². The number of carbonyl (C=O) groups excluding carboxylic acids is 2. The van der Waals surface area contributed by atoms with Crippen LogP contribution in [0.2, 0.25) is 0 Å². The van der Waals surface area contributed by atoms with Crippen LogP contribution in [0.25, 0.3) is 0 Å². The van der Waals surface area contributed by atoms with Gasteiger partial charge in [-0.1, -0.05) is 210 Å². The molecule has 0 spiro atoms. The van der Waals surface area contributed by atoms with E-state index in [1.807, 2.05) is 6.08 Å². The SMILES string of the molecule is CCCCC/C=C\C/C=C\CCCCCCCCCC(=O)OCCCCCCCC/C=C\CCCCCC(=O)NC(CO)C(O)/C=C/CCCCCCCCCCCCCC. The molecule has 0 saturated heterocycles. The van der Waals surface area contributed by atoms with E-state index in [1.54, 1.807) is 6.08 Å². The van der Waals surface area contributed by atoms with E-state index in [-0.39, 0.29) is 18.5 Å². The van der Waals surface area contributed by atoms with Crippen molar-refractivity contribution in [2.45, 2.75) is 276 Å². The first-order valence-corrected chi connectivity index (χ1v) is 26.4. The van der Waals surface area contributed by atoms with E-state index in [2.05, 4.69) is 55.6 Å². The standard InChI is InChI=1S/C55H101NO5/c1-3-5-7-9-11-13-15-17-19-20-21-25-29-33-37-41-45-49-55(60)61-50-46-42-38-34-30-26-22-24-28-32-36-40-44-48-54(59)56-52(51-57)53(58)47-43-39-35-31-27-23-18-16-14-12-10-8-6-4-2/h11,13,17,19,24,28,43,47,52-53,57-58H,3-10,12,14-16,18,20-23,25-27,29-42,44-46,48-51H2,1-2H3,(H,56,59)/b13-11-,19-17-,28-24-,47-43+. The van der Waals surface area contributed by atoms with Crippen LogP contribution in [0.15, 0.2) is 48.6 Å². The maximum Gasteiger partial charge on any atom is 0.305 e. The second-order valence-corrected chi connectivity index (χ2v) is 17.8. The summed E-state index contributed by atoms with van der Waals surface area (Å²) in [5.41, 5.74) is 0. The van der Waals surface area contributed by atoms with Gasteiger partial charge in [-0.05, 0) is 89.9 Å². The molecule has 0 heterocycles. The van der Waals surface area contributed by atoms with Crippen LogP contribution in [0, 0.1) is 0 Å². The number of unbranched alkanes of at least 4 members (excludes halogenated alkanes) is 31. The number of rotatable bonds is 48. The minimum absolute atomic E-state index is 0.0226. The minimum Gasteiger partial charge on any atom is -0.466 e. The molecular formula is C55H101NO5. The molecule has 3 N–H and O–H groups in total. The molecule has 2 atom stereocenters. The highest BCUT2D eigenvalue weighted by Gasteiger charge is 2.18. The van der Waals surface area contributed by atoms with Crippen LogP contribution in [0.4, 0.5) is 0 Å². The number of nitrogens with one attached hydrogen (secondary N) is 1. The van der Waals surface area contributed by atoms with Crippen LogP contribution in [-0.2, 0) is 14.3 Å². The molecule has 356 valence electrons. The van der Waals surface area contributed by atoms with Crippen molar-refractivity contribution in [2.75, 3.05) is 13.2 Å². The van der Waals surface area contributed by atoms with Gasteiger partial charge in [-0.2, -0.15) is 0 Å². The minimum atomic E-state index is -0.862. The molecule has 0 bridgehead atoms. The van der Waals surface area contributed by atoms with Crippen LogP contribution in [0.3, 0.4) is 0 Å². The molecule has 0 aliphatic heterocycles. The van der Waals surface area contributed by atoms with Crippen LogP contribution in [0.5, 0.6) is 0 Å². The summed E-state index contributed by atoms with van der Waals surface area (Å²) in [6, 6.07) is -0.649. The number of carbonyl (C=O) groups is 2. The molecule has 1 amide bonds. The first kappa shape index (κ1) is 58.8. The molecule has 0 aliphatic carbocycles. The lowest BCUT2D eigenvalue weighted by atomic mass is 10.0. The summed E-state index contributed by atoms with van der Waals surface area (Å²) in [5.74, 6) is -0.122. The predicted octanol–water partition coefficient (Wildman–Crippen LogP) is 15.8. The van der Waals surface area contributed by atoms with Crippen molar-refractivity contribution < 1.29 is 24.5 Å². The topological polar surface area (TPSA) is 95.9 Å². The van der Waals surface area contributed by atoms with E-state index in [0.717, 1.165) is 77.0 Å². The van der Waals surface area contributed by atoms with E-state index >= 15 is 0 Å². The van der Waals surface area contributed by atoms with Crippen molar-refractivity contribution in [1.82, 2.24) is 5.32 Å². The number of aliphatic hydroxyl groups is 2. The average Bonchev–Trinajstić information content (AvgIpc) is 3.26. The largest absolute Gasteiger partial charge is 0.466 e. The van der Waals surface area contributed by atoms with Gasteiger partial charge in [0.15, 0.2) is 0 Å². The molecular weight excluding hydrogens is 755 g/mol. The Morgan fingerprint density at radius 1 is 0.459 bits per heavy atom. The Kier molecular flexibility index (Phi) is 48.7. The highest BCUT2D eigenvalue weighted by Crippen LogP contribution is 2.15. The highest BCUT2D eigenvalue weighted by atomic mass is 16.5. The van der Waals surface area contributed by atoms with E-state index in [9.17, 15) is 19.8 Å². The van der Waals surface area contributed by atoms with Gasteiger partial charge in [-0.15, -0.1) is 0 Å². The molecule has 0 radical (unpaired) electrons. The van der Waals surface area contributed by atoms with Crippen LogP contribution in [0.1, 0.15) is 264 Å². The van der Waals surface area contributed by atoms with Crippen molar-refractivity contribution in [2.24, 2.45) is 0 Å². The Hall–Kier alpha value is -2.18. The third kappa shape index (κ3) is 47.1. The van der Waals surface area contributed by atoms with Gasteiger partial charge in [0.1, 0.15) is 0 Å². The van der Waals surface area contributed by atoms with Crippen LogP contribution >= 0.6 is 0 Å². The summed E-state index contributed by atoms with van der Waals surface area (Å²) in [4.78, 5) is 24.5. The zero-order chi connectivity index (χ0) is 44.4. The Morgan fingerprint density at radius 2 is 0.820 bits per heavy atom. The van der Waals surface area contributed by atoms with Gasteiger partial charge < -0.3 is 20.3 Å². The van der Waals surface area contributed by atoms with Crippen molar-refractivity contribution in [3.05, 3.63) is 48.6 Å². The lowest BCUT2D eigenvalue weighted by Gasteiger charge is -2.19. The van der Waals surface area contributed by atoms with Crippen molar-refractivity contribution in [1.29, 1.82) is 0 Å². The second-order valence-electron chi connectivity index (χ2n) is 17.8. The molecule has 6 heteroatoms. The van der Waals surface area contributed by atoms with Crippen molar-refractivity contribution in [3.8, 4) is 0 Å². The van der Waals surface area contributed by atoms with Crippen molar-refractivity contribution in [3.63, 3.8) is 0 Å². The number of esters is 1. The quantitative estimate of drug-likeness (QED) is 0.0322. The Balaban J connectivity index is 3.53. The number of ether oxygens (including phenoxy) is 1. The van der Waals surface area contributed by atoms with E-state index < -0.39 is 12.1 Å². The third-order valence-corrected chi connectivity index (χ3v) is 11.8. The summed E-state index contributed by atoms with van der Waals surface area (Å²) in [5, 5.41) is 23.0. The number of hydrogen-bond acceptors (Lipinski definition) is 5. The fourth-order valence-electron chi connectivity index (χ4n) is 7.71. The summed E-state index contributed by atoms with van der Waals surface area (Å²) in [7, 11) is 0. The van der Waals surface area contributed by atoms with Crippen molar-refractivity contribution >= 4 is 11.9 Å². The van der Waals surface area contributed by atoms with Gasteiger partial charge in [0, 0.05) is 12.8 Å². The number of hydrogen-bond donors (Lipinski definition) is 3. The van der Waals surface area contributed by atoms with E-state index in [4.69, 9.17) is 4.74 Å². The van der Waals surface area contributed by atoms with Gasteiger partial charge in [0.25, 0.3) is 0 Å². The predicted molar refractivity (Wildman–Crippen MR) is 264 cm³/mol. The van der Waals surface area contributed by atoms with E-state index in [0.29, 0.717) is 19.4 Å². The summed E-state index contributed by atoms with van der Waals surface area (Å²) >= 11 is 0. The van der Waals surface area contributed by atoms with Gasteiger partial charge in [-0.25, -0.2) is 0 Å². The second kappa shape index (κ2) is 50.5. The maximum atomic E-state index is 12.4. The monoisotopic (exact) mass is 856 g/mol. The first-order chi connectivity index (χ1) is 30.0. The number of aliphatic hydroxyl groups excluding tert-OH is 2. The summed E-state index contributed by atoms with van der Waals surface area (Å²) < 4.78 is 5.46. The fourth-order valence-corrected chi connectivity index (χ4v) is 7.71. The van der Waals surface area contributed by atoms with Gasteiger partial charge >= 0.3 is 5.97 Å². The maximum absolute atomic E-state index is 12.4. The molecule has 61 heavy (non-hydrogen) atoms. The molecule has 0 aromatic carbocycles. The first-order valence-electron chi connectivity index (χ1n) is 26.4. The van der Waals surface area contributed by atoms with Crippen LogP contribution in [-0.4, -0.2) is 47.4 Å². The molecule has 6 nitrogen and oxygen atoms in total. The molecule has 0 rings (SSSR count). The van der Waals surface area contributed by atoms with Gasteiger partial charge in [0.2, 0.25) is 5.91 Å². The summed E-state index contributed by atoms with van der Waals surface area (Å²) in [6.45, 7) is 4.82. The Labute approximate surface area is 378 Å². The molecule has 0 saturated carbocycles. The third-order valence-electron chi connectivity index (χ3n) is 11.8. The number of allylic oxidation sites excluding steroid dienone is 7. The average molecular weight is 856 g/mol. The molecule has 0 aliphatic rings.